The highest BCUT2D eigenvalue weighted by Gasteiger charge is 2.37. The topological polar surface area (TPSA) is 104 Å². The van der Waals surface area contributed by atoms with Crippen molar-refractivity contribution in [3.05, 3.63) is 23.2 Å². The minimum Gasteiger partial charge on any atom is -0.481 e. The van der Waals surface area contributed by atoms with E-state index in [1.54, 1.807) is 6.92 Å². The zero-order chi connectivity index (χ0) is 18.1. The van der Waals surface area contributed by atoms with Crippen molar-refractivity contribution in [1.82, 2.24) is 4.31 Å². The molecule has 2 rings (SSSR count). The summed E-state index contributed by atoms with van der Waals surface area (Å²) in [6, 6.07) is 3.74. The van der Waals surface area contributed by atoms with Crippen LogP contribution in [0.1, 0.15) is 26.7 Å². The van der Waals surface area contributed by atoms with Crippen LogP contribution in [0.3, 0.4) is 0 Å². The number of amides is 1. The summed E-state index contributed by atoms with van der Waals surface area (Å²) in [4.78, 5) is 22.2. The molecule has 1 heterocycles. The maximum absolute atomic E-state index is 12.8. The van der Waals surface area contributed by atoms with Crippen LogP contribution in [0.5, 0.6) is 0 Å². The quantitative estimate of drug-likeness (QED) is 0.840. The standard InChI is InChI=1S/C15H19ClN2O5S/c1-9-3-4-11(15(20)21)8-18(9)24(22,23)12-5-6-14(13(16)7-12)17-10(2)19/h5-7,9,11H,3-4,8H2,1-2H3,(H,17,19)(H,20,21). The Bertz CT molecular complexity index is 765. The number of nitrogens with zero attached hydrogens (tertiary/aromatic N) is 1. The lowest BCUT2D eigenvalue weighted by Gasteiger charge is -2.35. The Morgan fingerprint density at radius 1 is 1.33 bits per heavy atom. The Morgan fingerprint density at radius 3 is 2.54 bits per heavy atom. The van der Waals surface area contributed by atoms with Crippen molar-refractivity contribution < 1.29 is 23.1 Å². The highest BCUT2D eigenvalue weighted by Crippen LogP contribution is 2.31. The third kappa shape index (κ3) is 3.88. The summed E-state index contributed by atoms with van der Waals surface area (Å²) in [5.41, 5.74) is 0.318. The number of anilines is 1. The minimum absolute atomic E-state index is 0.0282. The van der Waals surface area contributed by atoms with Crippen LogP contribution in [-0.2, 0) is 19.6 Å². The predicted octanol–water partition coefficient (Wildman–Crippen LogP) is 2.17. The highest BCUT2D eigenvalue weighted by molar-refractivity contribution is 7.89. The maximum Gasteiger partial charge on any atom is 0.307 e. The monoisotopic (exact) mass is 374 g/mol. The lowest BCUT2D eigenvalue weighted by molar-refractivity contribution is -0.143. The molecule has 2 atom stereocenters. The molecule has 0 radical (unpaired) electrons. The molecule has 9 heteroatoms. The highest BCUT2D eigenvalue weighted by atomic mass is 35.5. The number of aliphatic carboxylic acids is 1. The van der Waals surface area contributed by atoms with Crippen LogP contribution in [0.25, 0.3) is 0 Å². The van der Waals surface area contributed by atoms with E-state index in [-0.39, 0.29) is 28.4 Å². The molecule has 0 saturated carbocycles. The van der Waals surface area contributed by atoms with E-state index in [0.29, 0.717) is 18.5 Å². The number of halogens is 1. The molecule has 0 aliphatic carbocycles. The van der Waals surface area contributed by atoms with Crippen LogP contribution in [0.15, 0.2) is 23.1 Å². The summed E-state index contributed by atoms with van der Waals surface area (Å²) >= 11 is 6.04. The van der Waals surface area contributed by atoms with E-state index >= 15 is 0 Å². The third-order valence-electron chi connectivity index (χ3n) is 4.03. The van der Waals surface area contributed by atoms with Crippen molar-refractivity contribution in [2.45, 2.75) is 37.6 Å². The van der Waals surface area contributed by atoms with Gasteiger partial charge in [0.1, 0.15) is 0 Å². The first kappa shape index (κ1) is 18.7. The Labute approximate surface area is 145 Å². The second-order valence-electron chi connectivity index (χ2n) is 5.86. The van der Waals surface area contributed by atoms with Gasteiger partial charge in [-0.05, 0) is 38.0 Å². The van der Waals surface area contributed by atoms with Gasteiger partial charge in [0.2, 0.25) is 15.9 Å². The average Bonchev–Trinajstić information content (AvgIpc) is 2.48. The molecule has 1 aliphatic heterocycles. The zero-order valence-electron chi connectivity index (χ0n) is 13.3. The molecule has 2 unspecified atom stereocenters. The summed E-state index contributed by atoms with van der Waals surface area (Å²) in [7, 11) is -3.87. The van der Waals surface area contributed by atoms with Gasteiger partial charge in [0.25, 0.3) is 0 Å². The van der Waals surface area contributed by atoms with Gasteiger partial charge in [-0.2, -0.15) is 4.31 Å². The number of rotatable bonds is 4. The molecule has 24 heavy (non-hydrogen) atoms. The van der Waals surface area contributed by atoms with Crippen LogP contribution in [0.4, 0.5) is 5.69 Å². The molecule has 0 spiro atoms. The zero-order valence-corrected chi connectivity index (χ0v) is 14.9. The number of hydrogen-bond acceptors (Lipinski definition) is 4. The molecule has 1 saturated heterocycles. The van der Waals surface area contributed by atoms with Gasteiger partial charge in [0, 0.05) is 19.5 Å². The third-order valence-corrected chi connectivity index (χ3v) is 6.32. The first-order valence-corrected chi connectivity index (χ1v) is 9.26. The van der Waals surface area contributed by atoms with E-state index in [1.165, 1.54) is 29.4 Å². The molecule has 1 aromatic carbocycles. The van der Waals surface area contributed by atoms with Crippen molar-refractivity contribution in [2.24, 2.45) is 5.92 Å². The smallest absolute Gasteiger partial charge is 0.307 e. The number of hydrogen-bond donors (Lipinski definition) is 2. The van der Waals surface area contributed by atoms with Gasteiger partial charge < -0.3 is 10.4 Å². The molecule has 1 aliphatic rings. The van der Waals surface area contributed by atoms with E-state index in [1.807, 2.05) is 0 Å². The van der Waals surface area contributed by atoms with Crippen molar-refractivity contribution in [2.75, 3.05) is 11.9 Å². The molecule has 7 nitrogen and oxygen atoms in total. The van der Waals surface area contributed by atoms with Crippen molar-refractivity contribution in [3.8, 4) is 0 Å². The van der Waals surface area contributed by atoms with Crippen molar-refractivity contribution in [1.29, 1.82) is 0 Å². The first-order valence-electron chi connectivity index (χ1n) is 7.44. The van der Waals surface area contributed by atoms with Gasteiger partial charge >= 0.3 is 5.97 Å². The van der Waals surface area contributed by atoms with Gasteiger partial charge in [-0.1, -0.05) is 11.6 Å². The van der Waals surface area contributed by atoms with Gasteiger partial charge in [0.05, 0.1) is 21.5 Å². The summed E-state index contributed by atoms with van der Waals surface area (Å²) in [5.74, 6) is -2.03. The van der Waals surface area contributed by atoms with Crippen molar-refractivity contribution >= 4 is 39.2 Å². The predicted molar refractivity (Wildman–Crippen MR) is 89.5 cm³/mol. The molecule has 1 amide bonds. The molecular formula is C15H19ClN2O5S. The second kappa shape index (κ2) is 7.08. The summed E-state index contributed by atoms with van der Waals surface area (Å²) in [5, 5.41) is 11.8. The number of sulfonamides is 1. The summed E-state index contributed by atoms with van der Waals surface area (Å²) < 4.78 is 26.9. The Morgan fingerprint density at radius 2 is 2.00 bits per heavy atom. The lowest BCUT2D eigenvalue weighted by atomic mass is 9.96. The fourth-order valence-electron chi connectivity index (χ4n) is 2.69. The van der Waals surface area contributed by atoms with Crippen LogP contribution >= 0.6 is 11.6 Å². The number of carbonyl (C=O) groups is 2. The molecular weight excluding hydrogens is 356 g/mol. The number of benzene rings is 1. The fraction of sp³-hybridized carbons (Fsp3) is 0.467. The van der Waals surface area contributed by atoms with Crippen molar-refractivity contribution in [3.63, 3.8) is 0 Å². The number of nitrogens with one attached hydrogen (secondary N) is 1. The Kier molecular flexibility index (Phi) is 5.52. The van der Waals surface area contributed by atoms with Gasteiger partial charge in [-0.25, -0.2) is 8.42 Å². The number of carboxylic acids is 1. The molecule has 1 fully saturated rings. The van der Waals surface area contributed by atoms with Crippen LogP contribution in [0, 0.1) is 5.92 Å². The molecule has 0 aromatic heterocycles. The van der Waals surface area contributed by atoms with E-state index in [4.69, 9.17) is 16.7 Å². The van der Waals surface area contributed by atoms with E-state index in [9.17, 15) is 18.0 Å². The Balaban J connectivity index is 2.33. The molecule has 132 valence electrons. The van der Waals surface area contributed by atoms with Gasteiger partial charge in [0.15, 0.2) is 0 Å². The normalized spacial score (nSPS) is 22.1. The first-order chi connectivity index (χ1) is 11.1. The van der Waals surface area contributed by atoms with Crippen LogP contribution < -0.4 is 5.32 Å². The van der Waals surface area contributed by atoms with E-state index in [0.717, 1.165) is 0 Å². The summed E-state index contributed by atoms with van der Waals surface area (Å²) in [6.45, 7) is 3.01. The second-order valence-corrected chi connectivity index (χ2v) is 8.16. The number of carbonyl (C=O) groups excluding carboxylic acids is 1. The number of piperidine rings is 1. The van der Waals surface area contributed by atoms with Crippen LogP contribution in [-0.4, -0.2) is 42.3 Å². The average molecular weight is 375 g/mol. The van der Waals surface area contributed by atoms with Gasteiger partial charge in [-0.3, -0.25) is 9.59 Å². The molecule has 0 bridgehead atoms. The Hall–Kier alpha value is -1.64. The minimum atomic E-state index is -3.87. The lowest BCUT2D eigenvalue weighted by Crippen LogP contribution is -2.47. The number of carboxylic acid groups (broad SMARTS) is 1. The van der Waals surface area contributed by atoms with E-state index in [2.05, 4.69) is 5.32 Å². The van der Waals surface area contributed by atoms with Crippen LogP contribution in [0.2, 0.25) is 5.02 Å². The summed E-state index contributed by atoms with van der Waals surface area (Å²) in [6.07, 6.45) is 0.929. The maximum atomic E-state index is 12.8. The van der Waals surface area contributed by atoms with E-state index < -0.39 is 21.9 Å². The van der Waals surface area contributed by atoms with Gasteiger partial charge in [-0.15, -0.1) is 0 Å². The molecule has 1 aromatic rings. The molecule has 2 N–H and O–H groups in total. The fourth-order valence-corrected chi connectivity index (χ4v) is 4.72. The largest absolute Gasteiger partial charge is 0.481 e. The SMILES string of the molecule is CC(=O)Nc1ccc(S(=O)(=O)N2CC(C(=O)O)CCC2C)cc1Cl.